The molecule has 1 aliphatic heterocycles. The Morgan fingerprint density at radius 3 is 2.30 bits per heavy atom. The van der Waals surface area contributed by atoms with E-state index in [-0.39, 0.29) is 28.7 Å². The summed E-state index contributed by atoms with van der Waals surface area (Å²) in [5.41, 5.74) is 0.542. The zero-order valence-electron chi connectivity index (χ0n) is 15.1. The number of hydrogen-bond acceptors (Lipinski definition) is 4. The molecule has 0 spiro atoms. The third-order valence-corrected chi connectivity index (χ3v) is 5.87. The van der Waals surface area contributed by atoms with E-state index >= 15 is 0 Å². The Hall–Kier alpha value is -2.09. The van der Waals surface area contributed by atoms with E-state index in [1.807, 2.05) is 13.8 Å². The summed E-state index contributed by atoms with van der Waals surface area (Å²) in [5, 5.41) is 0.445. The van der Waals surface area contributed by atoms with Gasteiger partial charge in [-0.15, -0.1) is 0 Å². The highest BCUT2D eigenvalue weighted by Crippen LogP contribution is 2.24. The Morgan fingerprint density at radius 2 is 1.67 bits per heavy atom. The van der Waals surface area contributed by atoms with E-state index in [4.69, 9.17) is 16.3 Å². The number of amides is 1. The molecule has 2 aromatic rings. The van der Waals surface area contributed by atoms with Crippen molar-refractivity contribution < 1.29 is 17.9 Å². The zero-order chi connectivity index (χ0) is 19.6. The first-order valence-corrected chi connectivity index (χ1v) is 10.4. The van der Waals surface area contributed by atoms with E-state index in [0.29, 0.717) is 23.7 Å². The number of halogens is 1. The molecule has 2 atom stereocenters. The van der Waals surface area contributed by atoms with Gasteiger partial charge in [0.25, 0.3) is 15.9 Å². The molecular formula is C19H21ClN2O4S. The van der Waals surface area contributed by atoms with Gasteiger partial charge in [0.2, 0.25) is 0 Å². The summed E-state index contributed by atoms with van der Waals surface area (Å²) >= 11 is 5.82. The van der Waals surface area contributed by atoms with Gasteiger partial charge in [-0.2, -0.15) is 0 Å². The van der Waals surface area contributed by atoms with Gasteiger partial charge < -0.3 is 9.64 Å². The minimum absolute atomic E-state index is 0.0720. The number of nitrogens with one attached hydrogen (secondary N) is 1. The van der Waals surface area contributed by atoms with Crippen LogP contribution >= 0.6 is 11.6 Å². The monoisotopic (exact) mass is 408 g/mol. The van der Waals surface area contributed by atoms with Crippen LogP contribution in [0.3, 0.4) is 0 Å². The summed E-state index contributed by atoms with van der Waals surface area (Å²) in [4.78, 5) is 14.8. The Morgan fingerprint density at radius 1 is 1.07 bits per heavy atom. The lowest BCUT2D eigenvalue weighted by atomic mass is 10.1. The van der Waals surface area contributed by atoms with Gasteiger partial charge in [-0.25, -0.2) is 8.42 Å². The van der Waals surface area contributed by atoms with Crippen molar-refractivity contribution >= 4 is 33.2 Å². The first-order valence-electron chi connectivity index (χ1n) is 8.58. The average Bonchev–Trinajstić information content (AvgIpc) is 2.61. The lowest BCUT2D eigenvalue weighted by Crippen LogP contribution is -2.48. The number of morpholine rings is 1. The average molecular weight is 409 g/mol. The Balaban J connectivity index is 1.88. The van der Waals surface area contributed by atoms with Crippen molar-refractivity contribution in [3.8, 4) is 0 Å². The van der Waals surface area contributed by atoms with Crippen LogP contribution in [0.4, 0.5) is 5.69 Å². The van der Waals surface area contributed by atoms with Gasteiger partial charge >= 0.3 is 0 Å². The Kier molecular flexibility index (Phi) is 5.74. The maximum absolute atomic E-state index is 13.0. The number of nitrogens with zero attached hydrogens (tertiary/aromatic N) is 1. The van der Waals surface area contributed by atoms with Gasteiger partial charge in [0, 0.05) is 18.1 Å². The molecule has 27 heavy (non-hydrogen) atoms. The minimum atomic E-state index is -3.84. The fraction of sp³-hybridized carbons (Fsp3) is 0.316. The van der Waals surface area contributed by atoms with Crippen molar-refractivity contribution in [2.24, 2.45) is 0 Å². The van der Waals surface area contributed by atoms with Gasteiger partial charge in [-0.1, -0.05) is 23.7 Å². The molecule has 1 saturated heterocycles. The number of sulfonamides is 1. The normalized spacial score (nSPS) is 20.3. The summed E-state index contributed by atoms with van der Waals surface area (Å²) < 4.78 is 33.5. The molecular weight excluding hydrogens is 388 g/mol. The standard InChI is InChI=1S/C19H21ClN2O4S/c1-13-11-22(12-14(2)26-13)19(23)17-5-3-4-6-18(17)21-27(24,25)16-9-7-15(20)8-10-16/h3-10,13-14,21H,11-12H2,1-2H3/t13-,14-/m1/s1. The number of hydrogen-bond donors (Lipinski definition) is 1. The van der Waals surface area contributed by atoms with Gasteiger partial charge in [-0.3, -0.25) is 9.52 Å². The molecule has 8 heteroatoms. The van der Waals surface area contributed by atoms with Crippen molar-refractivity contribution in [3.63, 3.8) is 0 Å². The predicted molar refractivity (Wildman–Crippen MR) is 105 cm³/mol. The second-order valence-corrected chi connectivity index (χ2v) is 8.69. The number of para-hydroxylation sites is 1. The molecule has 0 aromatic heterocycles. The fourth-order valence-electron chi connectivity index (χ4n) is 3.09. The maximum atomic E-state index is 13.0. The van der Waals surface area contributed by atoms with E-state index in [0.717, 1.165) is 0 Å². The van der Waals surface area contributed by atoms with Crippen molar-refractivity contribution in [2.75, 3.05) is 17.8 Å². The number of carbonyl (C=O) groups excluding carboxylic acids is 1. The quantitative estimate of drug-likeness (QED) is 0.841. The van der Waals surface area contributed by atoms with Gasteiger partial charge in [0.1, 0.15) is 0 Å². The molecule has 0 radical (unpaired) electrons. The molecule has 1 amide bonds. The second kappa shape index (κ2) is 7.88. The van der Waals surface area contributed by atoms with Gasteiger partial charge in [-0.05, 0) is 50.2 Å². The van der Waals surface area contributed by atoms with Crippen molar-refractivity contribution in [1.82, 2.24) is 4.90 Å². The number of rotatable bonds is 4. The number of carbonyl (C=O) groups is 1. The molecule has 0 unspecified atom stereocenters. The van der Waals surface area contributed by atoms with Crippen LogP contribution in [0.1, 0.15) is 24.2 Å². The molecule has 1 heterocycles. The van der Waals surface area contributed by atoms with Crippen LogP contribution in [-0.4, -0.2) is 44.5 Å². The third kappa shape index (κ3) is 4.61. The molecule has 1 fully saturated rings. The van der Waals surface area contributed by atoms with E-state index in [1.165, 1.54) is 24.3 Å². The van der Waals surface area contributed by atoms with Crippen LogP contribution in [0.2, 0.25) is 5.02 Å². The van der Waals surface area contributed by atoms with Crippen LogP contribution in [0.25, 0.3) is 0 Å². The molecule has 3 rings (SSSR count). The number of benzene rings is 2. The predicted octanol–water partition coefficient (Wildman–Crippen LogP) is 3.39. The molecule has 144 valence electrons. The van der Waals surface area contributed by atoms with Crippen LogP contribution in [-0.2, 0) is 14.8 Å². The molecule has 0 saturated carbocycles. The first-order chi connectivity index (χ1) is 12.8. The molecule has 1 aliphatic rings. The Labute approximate surface area is 164 Å². The first kappa shape index (κ1) is 19.7. The number of ether oxygens (including phenoxy) is 1. The second-order valence-electron chi connectivity index (χ2n) is 6.57. The van der Waals surface area contributed by atoms with Crippen LogP contribution < -0.4 is 4.72 Å². The van der Waals surface area contributed by atoms with E-state index < -0.39 is 10.0 Å². The molecule has 0 aliphatic carbocycles. The lowest BCUT2D eigenvalue weighted by molar-refractivity contribution is -0.0585. The lowest BCUT2D eigenvalue weighted by Gasteiger charge is -2.35. The molecule has 1 N–H and O–H groups in total. The number of anilines is 1. The highest BCUT2D eigenvalue weighted by Gasteiger charge is 2.28. The largest absolute Gasteiger partial charge is 0.372 e. The van der Waals surface area contributed by atoms with E-state index in [1.54, 1.807) is 29.2 Å². The fourth-order valence-corrected chi connectivity index (χ4v) is 4.30. The minimum Gasteiger partial charge on any atom is -0.372 e. The molecule has 2 aromatic carbocycles. The summed E-state index contributed by atoms with van der Waals surface area (Å²) in [6.45, 7) is 4.74. The maximum Gasteiger partial charge on any atom is 0.261 e. The van der Waals surface area contributed by atoms with Crippen molar-refractivity contribution in [3.05, 3.63) is 59.1 Å². The van der Waals surface area contributed by atoms with E-state index in [2.05, 4.69) is 4.72 Å². The van der Waals surface area contributed by atoms with Crippen LogP contribution in [0.15, 0.2) is 53.4 Å². The SMILES string of the molecule is C[C@@H]1CN(C(=O)c2ccccc2NS(=O)(=O)c2ccc(Cl)cc2)C[C@@H](C)O1. The highest BCUT2D eigenvalue weighted by atomic mass is 35.5. The third-order valence-electron chi connectivity index (χ3n) is 4.23. The molecule has 6 nitrogen and oxygen atoms in total. The van der Waals surface area contributed by atoms with Gasteiger partial charge in [0.15, 0.2) is 0 Å². The van der Waals surface area contributed by atoms with E-state index in [9.17, 15) is 13.2 Å². The van der Waals surface area contributed by atoms with Crippen LogP contribution in [0, 0.1) is 0 Å². The topological polar surface area (TPSA) is 75.7 Å². The van der Waals surface area contributed by atoms with Crippen LogP contribution in [0.5, 0.6) is 0 Å². The smallest absolute Gasteiger partial charge is 0.261 e. The summed E-state index contributed by atoms with van der Waals surface area (Å²) in [5.74, 6) is -0.230. The summed E-state index contributed by atoms with van der Waals surface area (Å²) in [6.07, 6.45) is -0.147. The van der Waals surface area contributed by atoms with Gasteiger partial charge in [0.05, 0.1) is 28.4 Å². The summed E-state index contributed by atoms with van der Waals surface area (Å²) in [7, 11) is -3.84. The molecule has 0 bridgehead atoms. The highest BCUT2D eigenvalue weighted by molar-refractivity contribution is 7.92. The van der Waals surface area contributed by atoms with Crippen molar-refractivity contribution in [1.29, 1.82) is 0 Å². The zero-order valence-corrected chi connectivity index (χ0v) is 16.6. The summed E-state index contributed by atoms with van der Waals surface area (Å²) in [6, 6.07) is 12.4. The van der Waals surface area contributed by atoms with Crippen molar-refractivity contribution in [2.45, 2.75) is 31.0 Å². The Bertz CT molecular complexity index is 921.